The lowest BCUT2D eigenvalue weighted by Crippen LogP contribution is -2.27. The number of ether oxygens (including phenoxy) is 1. The molecule has 5 atom stereocenters. The minimum absolute atomic E-state index is 0.417. The fraction of sp³-hybridized carbons (Fsp3) is 0.647. The first-order chi connectivity index (χ1) is 9.78. The van der Waals surface area contributed by atoms with Crippen molar-refractivity contribution in [3.63, 3.8) is 0 Å². The van der Waals surface area contributed by atoms with Crippen molar-refractivity contribution < 1.29 is 9.84 Å². The smallest absolute Gasteiger partial charge is 0.118 e. The molecule has 0 saturated heterocycles. The number of nitrogens with one attached hydrogen (secondary N) is 1. The molecule has 108 valence electrons. The maximum Gasteiger partial charge on any atom is 0.118 e. The van der Waals surface area contributed by atoms with Crippen LogP contribution in [0.5, 0.6) is 5.75 Å². The van der Waals surface area contributed by atoms with Gasteiger partial charge in [-0.2, -0.15) is 0 Å². The van der Waals surface area contributed by atoms with Crippen LogP contribution in [0.2, 0.25) is 0 Å². The largest absolute Gasteiger partial charge is 0.497 e. The minimum Gasteiger partial charge on any atom is -0.497 e. The molecule has 0 aliphatic heterocycles. The van der Waals surface area contributed by atoms with E-state index in [2.05, 4.69) is 5.32 Å². The molecule has 2 N–H and O–H groups in total. The monoisotopic (exact) mass is 273 g/mol. The van der Waals surface area contributed by atoms with E-state index in [1.54, 1.807) is 7.11 Å². The Morgan fingerprint density at radius 1 is 1.20 bits per heavy atom. The van der Waals surface area contributed by atoms with Gasteiger partial charge in [0.15, 0.2) is 0 Å². The second-order valence-electron chi connectivity index (χ2n) is 6.71. The molecule has 0 aromatic heterocycles. The van der Waals surface area contributed by atoms with Crippen LogP contribution >= 0.6 is 0 Å². The highest BCUT2D eigenvalue weighted by atomic mass is 16.5. The quantitative estimate of drug-likeness (QED) is 0.865. The van der Waals surface area contributed by atoms with E-state index in [4.69, 9.17) is 4.74 Å². The Labute approximate surface area is 120 Å². The summed E-state index contributed by atoms with van der Waals surface area (Å²) in [6.07, 6.45) is 3.96. The number of methoxy groups -OCH3 is 1. The molecular weight excluding hydrogens is 250 g/mol. The summed E-state index contributed by atoms with van der Waals surface area (Å²) in [4.78, 5) is 0. The predicted molar refractivity (Wildman–Crippen MR) is 77.6 cm³/mol. The zero-order valence-electron chi connectivity index (χ0n) is 12.0. The zero-order valence-corrected chi connectivity index (χ0v) is 12.0. The van der Waals surface area contributed by atoms with Crippen molar-refractivity contribution in [3.8, 4) is 5.75 Å². The van der Waals surface area contributed by atoms with E-state index in [0.29, 0.717) is 12.6 Å². The third-order valence-electron chi connectivity index (χ3n) is 5.78. The van der Waals surface area contributed by atoms with Crippen molar-refractivity contribution >= 4 is 0 Å². The average Bonchev–Trinajstić information content (AvgIpc) is 2.88. The predicted octanol–water partition coefficient (Wildman–Crippen LogP) is 2.36. The van der Waals surface area contributed by atoms with Crippen LogP contribution in [0.1, 0.15) is 30.9 Å². The summed E-state index contributed by atoms with van der Waals surface area (Å²) in [5.41, 5.74) is 0.965. The standard InChI is InChI=1S/C17H23NO2/c1-20-13-6-4-10(5-7-13)14(19)9-18-17-15-11-2-3-12(8-11)16(15)17/h4-7,11-12,14-19H,2-3,8-9H2,1H3. The van der Waals surface area contributed by atoms with Gasteiger partial charge in [0.25, 0.3) is 0 Å². The molecular formula is C17H23NO2. The maximum absolute atomic E-state index is 10.3. The summed E-state index contributed by atoms with van der Waals surface area (Å²) in [6.45, 7) is 0.670. The molecule has 3 aliphatic rings. The fourth-order valence-electron chi connectivity index (χ4n) is 4.79. The summed E-state index contributed by atoms with van der Waals surface area (Å²) >= 11 is 0. The van der Waals surface area contributed by atoms with Crippen molar-refractivity contribution in [2.45, 2.75) is 31.4 Å². The number of hydrogen-bond acceptors (Lipinski definition) is 3. The van der Waals surface area contributed by atoms with E-state index >= 15 is 0 Å². The molecule has 1 aromatic carbocycles. The highest BCUT2D eigenvalue weighted by Crippen LogP contribution is 2.65. The third kappa shape index (κ3) is 1.95. The van der Waals surface area contributed by atoms with Crippen LogP contribution in [-0.4, -0.2) is 24.8 Å². The van der Waals surface area contributed by atoms with E-state index in [0.717, 1.165) is 35.0 Å². The van der Waals surface area contributed by atoms with E-state index < -0.39 is 6.10 Å². The van der Waals surface area contributed by atoms with Crippen molar-refractivity contribution in [2.75, 3.05) is 13.7 Å². The van der Waals surface area contributed by atoms with Gasteiger partial charge in [0, 0.05) is 12.6 Å². The molecule has 2 bridgehead atoms. The second kappa shape index (κ2) is 4.74. The summed E-state index contributed by atoms with van der Waals surface area (Å²) < 4.78 is 5.14. The Morgan fingerprint density at radius 2 is 1.85 bits per heavy atom. The highest BCUT2D eigenvalue weighted by Gasteiger charge is 2.64. The van der Waals surface area contributed by atoms with Crippen LogP contribution in [0.4, 0.5) is 0 Å². The first-order valence-corrected chi connectivity index (χ1v) is 7.83. The Balaban J connectivity index is 1.31. The zero-order chi connectivity index (χ0) is 13.7. The van der Waals surface area contributed by atoms with Gasteiger partial charge in [-0.3, -0.25) is 0 Å². The Kier molecular flexibility index (Phi) is 3.00. The maximum atomic E-state index is 10.3. The van der Waals surface area contributed by atoms with Crippen molar-refractivity contribution in [1.29, 1.82) is 0 Å². The number of fused-ring (bicyclic) bond motifs is 5. The molecule has 3 saturated carbocycles. The van der Waals surface area contributed by atoms with Gasteiger partial charge >= 0.3 is 0 Å². The molecule has 5 unspecified atom stereocenters. The number of hydrogen-bond donors (Lipinski definition) is 2. The molecule has 3 nitrogen and oxygen atoms in total. The van der Waals surface area contributed by atoms with Crippen LogP contribution in [0.3, 0.4) is 0 Å². The topological polar surface area (TPSA) is 41.5 Å². The first-order valence-electron chi connectivity index (χ1n) is 7.83. The Morgan fingerprint density at radius 3 is 2.45 bits per heavy atom. The van der Waals surface area contributed by atoms with Crippen molar-refractivity contribution in [2.24, 2.45) is 23.7 Å². The molecule has 3 aliphatic carbocycles. The molecule has 0 spiro atoms. The van der Waals surface area contributed by atoms with Gasteiger partial charge in [0.05, 0.1) is 13.2 Å². The number of rotatable bonds is 5. The van der Waals surface area contributed by atoms with Crippen LogP contribution < -0.4 is 10.1 Å². The molecule has 3 fully saturated rings. The van der Waals surface area contributed by atoms with Gasteiger partial charge in [-0.05, 0) is 60.6 Å². The molecule has 4 rings (SSSR count). The van der Waals surface area contributed by atoms with E-state index in [1.165, 1.54) is 19.3 Å². The summed E-state index contributed by atoms with van der Waals surface area (Å²) in [6, 6.07) is 8.40. The number of benzene rings is 1. The van der Waals surface area contributed by atoms with Crippen molar-refractivity contribution in [1.82, 2.24) is 5.32 Å². The summed E-state index contributed by atoms with van der Waals surface area (Å²) in [7, 11) is 1.66. The normalized spacial score (nSPS) is 38.6. The average molecular weight is 273 g/mol. The minimum atomic E-state index is -0.417. The van der Waals surface area contributed by atoms with Gasteiger partial charge in [-0.15, -0.1) is 0 Å². The van der Waals surface area contributed by atoms with Crippen LogP contribution in [-0.2, 0) is 0 Å². The third-order valence-corrected chi connectivity index (χ3v) is 5.78. The molecule has 1 aromatic rings. The lowest BCUT2D eigenvalue weighted by molar-refractivity contribution is 0.171. The molecule has 20 heavy (non-hydrogen) atoms. The van der Waals surface area contributed by atoms with Crippen LogP contribution in [0, 0.1) is 23.7 Å². The summed E-state index contributed by atoms with van der Waals surface area (Å²) in [5.74, 6) is 4.66. The second-order valence-corrected chi connectivity index (χ2v) is 6.71. The summed E-state index contributed by atoms with van der Waals surface area (Å²) in [5, 5.41) is 13.9. The first kappa shape index (κ1) is 12.7. The van der Waals surface area contributed by atoms with Gasteiger partial charge < -0.3 is 15.2 Å². The Bertz CT molecular complexity index is 470. The number of aliphatic hydroxyl groups excluding tert-OH is 1. The molecule has 3 heteroatoms. The lowest BCUT2D eigenvalue weighted by Gasteiger charge is -2.15. The Hall–Kier alpha value is -1.06. The van der Waals surface area contributed by atoms with Gasteiger partial charge in [-0.25, -0.2) is 0 Å². The molecule has 0 amide bonds. The lowest BCUT2D eigenvalue weighted by atomic mass is 10.0. The van der Waals surface area contributed by atoms with Crippen molar-refractivity contribution in [3.05, 3.63) is 29.8 Å². The molecule has 0 radical (unpaired) electrons. The highest BCUT2D eigenvalue weighted by molar-refractivity contribution is 5.28. The van der Waals surface area contributed by atoms with E-state index in [9.17, 15) is 5.11 Å². The SMILES string of the molecule is COc1ccc(C(O)CNC2C3C4CCC(C4)C23)cc1. The van der Waals surface area contributed by atoms with Gasteiger partial charge in [-0.1, -0.05) is 12.1 Å². The van der Waals surface area contributed by atoms with Gasteiger partial charge in [0.2, 0.25) is 0 Å². The number of aliphatic hydroxyl groups is 1. The van der Waals surface area contributed by atoms with Gasteiger partial charge in [0.1, 0.15) is 5.75 Å². The molecule has 0 heterocycles. The van der Waals surface area contributed by atoms with Crippen LogP contribution in [0.25, 0.3) is 0 Å². The van der Waals surface area contributed by atoms with E-state index in [-0.39, 0.29) is 0 Å². The van der Waals surface area contributed by atoms with Crippen LogP contribution in [0.15, 0.2) is 24.3 Å². The van der Waals surface area contributed by atoms with E-state index in [1.807, 2.05) is 24.3 Å². The fourth-order valence-corrected chi connectivity index (χ4v) is 4.79.